The van der Waals surface area contributed by atoms with Crippen LogP contribution < -0.4 is 5.32 Å². The summed E-state index contributed by atoms with van der Waals surface area (Å²) in [7, 11) is 0. The van der Waals surface area contributed by atoms with Gasteiger partial charge >= 0.3 is 0 Å². The van der Waals surface area contributed by atoms with Crippen LogP contribution in [-0.2, 0) is 17.8 Å². The predicted molar refractivity (Wildman–Crippen MR) is 98.2 cm³/mol. The molecule has 2 aromatic heterocycles. The molecule has 2 N–H and O–H groups in total. The van der Waals surface area contributed by atoms with Gasteiger partial charge in [-0.3, -0.25) is 4.79 Å². The van der Waals surface area contributed by atoms with Crippen molar-refractivity contribution in [2.45, 2.75) is 19.9 Å². The number of carbonyl (C=O) groups excluding carboxylic acids is 1. The number of thiazole rings is 1. The highest BCUT2D eigenvalue weighted by Gasteiger charge is 2.12. The van der Waals surface area contributed by atoms with Crippen LogP contribution in [0.25, 0.3) is 21.1 Å². The molecule has 0 unspecified atom stereocenters. The van der Waals surface area contributed by atoms with Gasteiger partial charge in [-0.1, -0.05) is 30.3 Å². The number of amides is 1. The van der Waals surface area contributed by atoms with E-state index in [1.165, 1.54) is 0 Å². The van der Waals surface area contributed by atoms with E-state index < -0.39 is 0 Å². The van der Waals surface area contributed by atoms with Gasteiger partial charge < -0.3 is 10.3 Å². The first kappa shape index (κ1) is 14.9. The van der Waals surface area contributed by atoms with Crippen LogP contribution in [0.1, 0.15) is 16.3 Å². The molecule has 4 aromatic rings. The largest absolute Gasteiger partial charge is 0.358 e. The maximum atomic E-state index is 12.3. The molecule has 2 heterocycles. The third kappa shape index (κ3) is 2.78. The second-order valence-electron chi connectivity index (χ2n) is 5.80. The lowest BCUT2D eigenvalue weighted by Gasteiger charge is -2.04. The van der Waals surface area contributed by atoms with E-state index in [9.17, 15) is 4.79 Å². The van der Waals surface area contributed by atoms with E-state index in [1.54, 1.807) is 11.3 Å². The molecule has 0 atom stereocenters. The van der Waals surface area contributed by atoms with Crippen molar-refractivity contribution < 1.29 is 4.79 Å². The maximum Gasteiger partial charge on any atom is 0.224 e. The van der Waals surface area contributed by atoms with Gasteiger partial charge in [0, 0.05) is 16.6 Å². The lowest BCUT2D eigenvalue weighted by atomic mass is 10.1. The Bertz CT molecular complexity index is 998. The molecule has 0 bridgehead atoms. The summed E-state index contributed by atoms with van der Waals surface area (Å²) in [6, 6.07) is 16.1. The third-order valence-electron chi connectivity index (χ3n) is 4.14. The summed E-state index contributed by atoms with van der Waals surface area (Å²) >= 11 is 1.62. The number of fused-ring (bicyclic) bond motifs is 2. The molecule has 4 rings (SSSR count). The summed E-state index contributed by atoms with van der Waals surface area (Å²) < 4.78 is 1.15. The van der Waals surface area contributed by atoms with E-state index in [-0.39, 0.29) is 5.91 Å². The minimum Gasteiger partial charge on any atom is -0.358 e. The molecule has 0 spiro atoms. The highest BCUT2D eigenvalue weighted by Crippen LogP contribution is 2.23. The molecule has 0 saturated carbocycles. The van der Waals surface area contributed by atoms with Crippen LogP contribution >= 0.6 is 11.3 Å². The number of hydrogen-bond donors (Lipinski definition) is 2. The molecule has 2 aromatic carbocycles. The zero-order valence-corrected chi connectivity index (χ0v) is 14.1. The molecule has 0 aliphatic rings. The van der Waals surface area contributed by atoms with Crippen molar-refractivity contribution >= 4 is 38.4 Å². The minimum atomic E-state index is 0.0158. The number of benzene rings is 2. The van der Waals surface area contributed by atoms with Gasteiger partial charge in [-0.15, -0.1) is 11.3 Å². The summed E-state index contributed by atoms with van der Waals surface area (Å²) in [4.78, 5) is 20.2. The maximum absolute atomic E-state index is 12.3. The average Bonchev–Trinajstić information content (AvgIpc) is 3.14. The molecule has 0 fully saturated rings. The van der Waals surface area contributed by atoms with Crippen LogP contribution in [0.5, 0.6) is 0 Å². The summed E-state index contributed by atoms with van der Waals surface area (Å²) in [5, 5.41) is 5.03. The molecule has 24 heavy (non-hydrogen) atoms. The van der Waals surface area contributed by atoms with Crippen molar-refractivity contribution in [3.05, 3.63) is 64.8 Å². The second-order valence-corrected chi connectivity index (χ2v) is 6.92. The highest BCUT2D eigenvalue weighted by molar-refractivity contribution is 7.18. The molecule has 4 nitrogen and oxygen atoms in total. The average molecular weight is 335 g/mol. The van der Waals surface area contributed by atoms with Crippen LogP contribution in [0, 0.1) is 6.92 Å². The number of nitrogens with one attached hydrogen (secondary N) is 2. The zero-order chi connectivity index (χ0) is 16.5. The summed E-state index contributed by atoms with van der Waals surface area (Å²) in [5.74, 6) is 0.0158. The first-order chi connectivity index (χ1) is 11.7. The summed E-state index contributed by atoms with van der Waals surface area (Å²) in [6.45, 7) is 2.48. The van der Waals surface area contributed by atoms with Crippen molar-refractivity contribution in [1.29, 1.82) is 0 Å². The van der Waals surface area contributed by atoms with E-state index in [4.69, 9.17) is 0 Å². The number of aryl methyl sites for hydroxylation is 1. The van der Waals surface area contributed by atoms with E-state index in [0.29, 0.717) is 13.0 Å². The van der Waals surface area contributed by atoms with Crippen molar-refractivity contribution in [3.8, 4) is 0 Å². The van der Waals surface area contributed by atoms with Gasteiger partial charge in [-0.25, -0.2) is 4.98 Å². The number of para-hydroxylation sites is 2. The monoisotopic (exact) mass is 335 g/mol. The van der Waals surface area contributed by atoms with Gasteiger partial charge in [0.2, 0.25) is 5.91 Å². The number of carbonyl (C=O) groups is 1. The number of rotatable bonds is 4. The first-order valence-electron chi connectivity index (χ1n) is 7.88. The fraction of sp³-hybridized carbons (Fsp3) is 0.158. The van der Waals surface area contributed by atoms with E-state index >= 15 is 0 Å². The zero-order valence-electron chi connectivity index (χ0n) is 13.3. The van der Waals surface area contributed by atoms with Crippen LogP contribution in [0.2, 0.25) is 0 Å². The first-order valence-corrected chi connectivity index (χ1v) is 8.69. The smallest absolute Gasteiger partial charge is 0.224 e. The summed E-state index contributed by atoms with van der Waals surface area (Å²) in [6.07, 6.45) is 0.376. The molecular weight excluding hydrogens is 318 g/mol. The molecule has 0 radical (unpaired) electrons. The van der Waals surface area contributed by atoms with Crippen LogP contribution in [0.4, 0.5) is 0 Å². The fourth-order valence-corrected chi connectivity index (χ4v) is 3.86. The number of nitrogens with zero attached hydrogens (tertiary/aromatic N) is 1. The molecule has 0 saturated heterocycles. The number of aromatic nitrogens is 2. The van der Waals surface area contributed by atoms with E-state index in [1.807, 2.05) is 49.4 Å². The molecular formula is C19H17N3OS. The van der Waals surface area contributed by atoms with E-state index in [0.717, 1.165) is 37.4 Å². The van der Waals surface area contributed by atoms with Crippen molar-refractivity contribution in [3.63, 3.8) is 0 Å². The minimum absolute atomic E-state index is 0.0158. The van der Waals surface area contributed by atoms with E-state index in [2.05, 4.69) is 21.4 Å². The quantitative estimate of drug-likeness (QED) is 0.593. The summed E-state index contributed by atoms with van der Waals surface area (Å²) in [5.41, 5.74) is 4.17. The lowest BCUT2D eigenvalue weighted by Crippen LogP contribution is -2.24. The van der Waals surface area contributed by atoms with Gasteiger partial charge in [0.1, 0.15) is 5.01 Å². The number of H-pyrrole nitrogens is 1. The Morgan fingerprint density at radius 3 is 2.83 bits per heavy atom. The fourth-order valence-electron chi connectivity index (χ4n) is 2.96. The number of hydrogen-bond acceptors (Lipinski definition) is 3. The predicted octanol–water partition coefficient (Wildman–Crippen LogP) is 3.94. The molecule has 0 aliphatic carbocycles. The van der Waals surface area contributed by atoms with Crippen molar-refractivity contribution in [2.75, 3.05) is 0 Å². The number of aromatic amines is 1. The molecule has 5 heteroatoms. The topological polar surface area (TPSA) is 57.8 Å². The van der Waals surface area contributed by atoms with Gasteiger partial charge in [-0.05, 0) is 30.7 Å². The van der Waals surface area contributed by atoms with Gasteiger partial charge in [-0.2, -0.15) is 0 Å². The molecule has 0 aliphatic heterocycles. The Morgan fingerprint density at radius 2 is 1.96 bits per heavy atom. The Morgan fingerprint density at radius 1 is 1.17 bits per heavy atom. The second kappa shape index (κ2) is 6.09. The Labute approximate surface area is 143 Å². The lowest BCUT2D eigenvalue weighted by molar-refractivity contribution is -0.120. The SMILES string of the molecule is Cc1[nH]c2ccccc2c1CC(=O)NCc1nc2ccccc2s1. The Balaban J connectivity index is 1.47. The van der Waals surface area contributed by atoms with Crippen LogP contribution in [-0.4, -0.2) is 15.9 Å². The Kier molecular flexibility index (Phi) is 3.78. The van der Waals surface area contributed by atoms with Gasteiger partial charge in [0.25, 0.3) is 0 Å². The third-order valence-corrected chi connectivity index (χ3v) is 5.18. The standard InChI is InChI=1S/C19H17N3OS/c1-12-14(13-6-2-3-7-15(13)21-12)10-18(23)20-11-19-22-16-8-4-5-9-17(16)24-19/h2-9,21H,10-11H2,1H3,(H,20,23). The van der Waals surface area contributed by atoms with Crippen molar-refractivity contribution in [1.82, 2.24) is 15.3 Å². The highest BCUT2D eigenvalue weighted by atomic mass is 32.1. The van der Waals surface area contributed by atoms with Gasteiger partial charge in [0.05, 0.1) is 23.2 Å². The van der Waals surface area contributed by atoms with Crippen LogP contribution in [0.3, 0.4) is 0 Å². The normalized spacial score (nSPS) is 11.2. The van der Waals surface area contributed by atoms with Crippen molar-refractivity contribution in [2.24, 2.45) is 0 Å². The molecule has 120 valence electrons. The Hall–Kier alpha value is -2.66. The molecule has 1 amide bonds. The van der Waals surface area contributed by atoms with Gasteiger partial charge in [0.15, 0.2) is 0 Å². The van der Waals surface area contributed by atoms with Crippen LogP contribution in [0.15, 0.2) is 48.5 Å².